The third-order valence-electron chi connectivity index (χ3n) is 2.74. The summed E-state index contributed by atoms with van der Waals surface area (Å²) >= 11 is 0. The van der Waals surface area contributed by atoms with Crippen LogP contribution in [-0.4, -0.2) is 42.5 Å². The molecular weight excluding hydrogens is 262 g/mol. The minimum Gasteiger partial charge on any atom is -0.493 e. The Balaban J connectivity index is 2.45. The van der Waals surface area contributed by atoms with Crippen molar-refractivity contribution in [3.8, 4) is 11.5 Å². The predicted octanol–water partition coefficient (Wildman–Crippen LogP) is 0.738. The monoisotopic (exact) mass is 279 g/mol. The van der Waals surface area contributed by atoms with Crippen molar-refractivity contribution in [2.75, 3.05) is 33.2 Å². The minimum atomic E-state index is -0.269. The van der Waals surface area contributed by atoms with Crippen LogP contribution >= 0.6 is 0 Å². The first-order chi connectivity index (χ1) is 9.69. The summed E-state index contributed by atoms with van der Waals surface area (Å²) in [5.41, 5.74) is 6.46. The molecule has 1 heterocycles. The Morgan fingerprint density at radius 3 is 2.60 bits per heavy atom. The molecule has 0 radical (unpaired) electrons. The molecule has 108 valence electrons. The number of ether oxygens (including phenoxy) is 3. The number of nitrogens with zero attached hydrogens (tertiary/aromatic N) is 2. The number of fused-ring (bicyclic) bond motifs is 1. The topological polar surface area (TPSA) is 99.7 Å². The number of anilines is 1. The molecule has 0 saturated carbocycles. The largest absolute Gasteiger partial charge is 0.493 e. The Hall–Kier alpha value is -2.12. The van der Waals surface area contributed by atoms with Crippen molar-refractivity contribution in [1.82, 2.24) is 9.97 Å². The van der Waals surface area contributed by atoms with Crippen molar-refractivity contribution in [3.63, 3.8) is 0 Å². The van der Waals surface area contributed by atoms with E-state index in [2.05, 4.69) is 9.97 Å². The van der Waals surface area contributed by atoms with Crippen LogP contribution < -0.4 is 15.2 Å². The van der Waals surface area contributed by atoms with E-state index >= 15 is 0 Å². The van der Waals surface area contributed by atoms with Gasteiger partial charge in [0.2, 0.25) is 0 Å². The molecule has 0 spiro atoms. The summed E-state index contributed by atoms with van der Waals surface area (Å²) in [5, 5.41) is 9.74. The summed E-state index contributed by atoms with van der Waals surface area (Å²) in [6.45, 7) is 0.596. The lowest BCUT2D eigenvalue weighted by Gasteiger charge is -2.12. The van der Waals surface area contributed by atoms with Crippen molar-refractivity contribution in [1.29, 1.82) is 0 Å². The summed E-state index contributed by atoms with van der Waals surface area (Å²) in [4.78, 5) is 8.21. The fourth-order valence-electron chi connectivity index (χ4n) is 1.79. The average molecular weight is 279 g/mol. The van der Waals surface area contributed by atoms with Crippen molar-refractivity contribution in [3.05, 3.63) is 18.0 Å². The molecular formula is C13H17N3O4. The Labute approximate surface area is 116 Å². The molecule has 2 aromatic rings. The van der Waals surface area contributed by atoms with Crippen LogP contribution in [0.1, 0.15) is 5.82 Å². The molecule has 0 aliphatic rings. The third kappa shape index (κ3) is 2.89. The average Bonchev–Trinajstić information content (AvgIpc) is 2.47. The molecule has 2 rings (SSSR count). The van der Waals surface area contributed by atoms with Gasteiger partial charge in [0.05, 0.1) is 19.2 Å². The molecule has 0 unspecified atom stereocenters. The van der Waals surface area contributed by atoms with E-state index in [0.29, 0.717) is 41.4 Å². The summed E-state index contributed by atoms with van der Waals surface area (Å²) in [6, 6.07) is 3.43. The van der Waals surface area contributed by atoms with Crippen LogP contribution in [0.2, 0.25) is 0 Å². The second kappa shape index (κ2) is 6.36. The van der Waals surface area contributed by atoms with Gasteiger partial charge < -0.3 is 25.1 Å². The number of hydrogen-bond donors (Lipinski definition) is 2. The lowest BCUT2D eigenvalue weighted by molar-refractivity contribution is 0.144. The van der Waals surface area contributed by atoms with E-state index in [-0.39, 0.29) is 12.4 Å². The van der Waals surface area contributed by atoms with E-state index in [4.69, 9.17) is 25.1 Å². The van der Waals surface area contributed by atoms with Gasteiger partial charge in [0.25, 0.3) is 0 Å². The van der Waals surface area contributed by atoms with Crippen LogP contribution in [0.5, 0.6) is 11.5 Å². The molecule has 0 aliphatic heterocycles. The van der Waals surface area contributed by atoms with Crippen molar-refractivity contribution in [2.45, 2.75) is 6.61 Å². The molecule has 7 heteroatoms. The maximum atomic E-state index is 9.10. The number of nitrogens with two attached hydrogens (primary N) is 1. The quantitative estimate of drug-likeness (QED) is 0.752. The van der Waals surface area contributed by atoms with Crippen molar-refractivity contribution >= 4 is 16.7 Å². The molecule has 0 amide bonds. The summed E-state index contributed by atoms with van der Waals surface area (Å²) in [7, 11) is 3.14. The summed E-state index contributed by atoms with van der Waals surface area (Å²) < 4.78 is 15.8. The Bertz CT molecular complexity index is 604. The number of aliphatic hydroxyl groups excluding tert-OH is 1. The van der Waals surface area contributed by atoms with Gasteiger partial charge in [0, 0.05) is 18.6 Å². The lowest BCUT2D eigenvalue weighted by Crippen LogP contribution is -2.06. The molecule has 0 atom stereocenters. The number of benzene rings is 1. The zero-order valence-electron chi connectivity index (χ0n) is 11.4. The molecule has 20 heavy (non-hydrogen) atoms. The van der Waals surface area contributed by atoms with Gasteiger partial charge in [-0.15, -0.1) is 0 Å². The second-order valence-corrected chi connectivity index (χ2v) is 4.04. The molecule has 0 fully saturated rings. The van der Waals surface area contributed by atoms with E-state index < -0.39 is 0 Å². The van der Waals surface area contributed by atoms with Crippen LogP contribution in [0.25, 0.3) is 10.9 Å². The highest BCUT2D eigenvalue weighted by Crippen LogP contribution is 2.33. The zero-order chi connectivity index (χ0) is 14.5. The first-order valence-corrected chi connectivity index (χ1v) is 6.06. The smallest absolute Gasteiger partial charge is 0.162 e. The first kappa shape index (κ1) is 14.3. The molecule has 1 aromatic carbocycles. The van der Waals surface area contributed by atoms with Crippen LogP contribution in [-0.2, 0) is 11.3 Å². The fourth-order valence-corrected chi connectivity index (χ4v) is 1.79. The van der Waals surface area contributed by atoms with Gasteiger partial charge in [0.1, 0.15) is 19.0 Å². The van der Waals surface area contributed by atoms with E-state index in [1.54, 1.807) is 26.4 Å². The Morgan fingerprint density at radius 1 is 1.15 bits per heavy atom. The maximum absolute atomic E-state index is 9.10. The highest BCUT2D eigenvalue weighted by molar-refractivity contribution is 5.90. The van der Waals surface area contributed by atoms with Crippen LogP contribution in [0.4, 0.5) is 5.82 Å². The molecule has 3 N–H and O–H groups in total. The van der Waals surface area contributed by atoms with E-state index in [0.717, 1.165) is 0 Å². The van der Waals surface area contributed by atoms with Gasteiger partial charge in [-0.3, -0.25) is 0 Å². The third-order valence-corrected chi connectivity index (χ3v) is 2.74. The molecule has 7 nitrogen and oxygen atoms in total. The summed E-state index contributed by atoms with van der Waals surface area (Å²) in [6.07, 6.45) is 0. The van der Waals surface area contributed by atoms with E-state index in [9.17, 15) is 0 Å². The van der Waals surface area contributed by atoms with Crippen LogP contribution in [0.15, 0.2) is 12.1 Å². The molecule has 0 saturated heterocycles. The normalized spacial score (nSPS) is 10.8. The predicted molar refractivity (Wildman–Crippen MR) is 73.8 cm³/mol. The molecule has 1 aromatic heterocycles. The number of aliphatic hydroxyl groups is 1. The SMILES string of the molecule is COCCOc1cc2c(N)nc(CO)nc2cc1OC. The number of aromatic nitrogens is 2. The zero-order valence-corrected chi connectivity index (χ0v) is 11.4. The van der Waals surface area contributed by atoms with E-state index in [1.807, 2.05) is 0 Å². The minimum absolute atomic E-state index is 0.269. The summed E-state index contributed by atoms with van der Waals surface area (Å²) in [5.74, 6) is 1.64. The fraction of sp³-hybridized carbons (Fsp3) is 0.385. The van der Waals surface area contributed by atoms with Crippen LogP contribution in [0.3, 0.4) is 0 Å². The van der Waals surface area contributed by atoms with Crippen LogP contribution in [0, 0.1) is 0 Å². The van der Waals surface area contributed by atoms with Gasteiger partial charge in [-0.1, -0.05) is 0 Å². The van der Waals surface area contributed by atoms with Gasteiger partial charge in [-0.05, 0) is 6.07 Å². The molecule has 0 aliphatic carbocycles. The van der Waals surface area contributed by atoms with Gasteiger partial charge in [-0.25, -0.2) is 9.97 Å². The van der Waals surface area contributed by atoms with Crippen molar-refractivity contribution < 1.29 is 19.3 Å². The Kier molecular flexibility index (Phi) is 4.54. The van der Waals surface area contributed by atoms with Crippen molar-refractivity contribution in [2.24, 2.45) is 0 Å². The highest BCUT2D eigenvalue weighted by Gasteiger charge is 2.12. The highest BCUT2D eigenvalue weighted by atomic mass is 16.5. The molecule has 0 bridgehead atoms. The number of hydrogen-bond acceptors (Lipinski definition) is 7. The maximum Gasteiger partial charge on any atom is 0.162 e. The Morgan fingerprint density at radius 2 is 1.95 bits per heavy atom. The number of rotatable bonds is 6. The first-order valence-electron chi connectivity index (χ1n) is 6.06. The van der Waals surface area contributed by atoms with Gasteiger partial charge >= 0.3 is 0 Å². The van der Waals surface area contributed by atoms with Gasteiger partial charge in [-0.2, -0.15) is 0 Å². The number of nitrogen functional groups attached to an aromatic ring is 1. The second-order valence-electron chi connectivity index (χ2n) is 4.04. The van der Waals surface area contributed by atoms with Gasteiger partial charge in [0.15, 0.2) is 17.3 Å². The van der Waals surface area contributed by atoms with E-state index in [1.165, 1.54) is 0 Å². The number of methoxy groups -OCH3 is 2. The lowest BCUT2D eigenvalue weighted by atomic mass is 10.2. The standard InChI is InChI=1S/C13H17N3O4/c1-18-3-4-20-11-5-8-9(6-10(11)19-2)15-12(7-17)16-13(8)14/h5-6,17H,3-4,7H2,1-2H3,(H2,14,15,16).